The fraction of sp³-hybridized carbons (Fsp3) is 0.667. The highest BCUT2D eigenvalue weighted by atomic mass is 16.4. The minimum absolute atomic E-state index is 0.517. The largest absolute Gasteiger partial charge is 0.478 e. The number of rotatable bonds is 2. The number of nitrogens with zero attached hydrogens (tertiary/aromatic N) is 2. The highest BCUT2D eigenvalue weighted by Crippen LogP contribution is 2.39. The second-order valence-electron chi connectivity index (χ2n) is 8.17. The summed E-state index contributed by atoms with van der Waals surface area (Å²) >= 11 is 0. The Morgan fingerprint density at radius 1 is 1.04 bits per heavy atom. The monoisotopic (exact) mass is 346 g/mol. The Balaban J connectivity index is 0.000000271. The lowest BCUT2D eigenvalue weighted by Crippen LogP contribution is -2.45. The van der Waals surface area contributed by atoms with Gasteiger partial charge in [-0.15, -0.1) is 0 Å². The highest BCUT2D eigenvalue weighted by molar-refractivity contribution is 6.43. The zero-order chi connectivity index (χ0) is 19.7. The molecule has 140 valence electrons. The van der Waals surface area contributed by atoms with Crippen LogP contribution in [-0.4, -0.2) is 28.2 Å². The van der Waals surface area contributed by atoms with Crippen molar-refractivity contribution in [2.75, 3.05) is 0 Å². The van der Waals surface area contributed by atoms with Gasteiger partial charge in [-0.2, -0.15) is 0 Å². The SMILES string of the molecule is CC1=C(C)C(C)C(C)=C1C.CCC1=NC(C(=O)O)(C(C)(C)C)N=C1C. The van der Waals surface area contributed by atoms with Crippen LogP contribution < -0.4 is 0 Å². The fourth-order valence-electron chi connectivity index (χ4n) is 3.26. The van der Waals surface area contributed by atoms with Crippen LogP contribution in [0.5, 0.6) is 0 Å². The molecule has 0 aromatic rings. The Labute approximate surface area is 152 Å². The van der Waals surface area contributed by atoms with Crippen molar-refractivity contribution in [2.24, 2.45) is 21.3 Å². The van der Waals surface area contributed by atoms with Gasteiger partial charge in [0.1, 0.15) is 0 Å². The van der Waals surface area contributed by atoms with Gasteiger partial charge in [0.05, 0.1) is 11.4 Å². The van der Waals surface area contributed by atoms with Crippen LogP contribution in [0, 0.1) is 11.3 Å². The Morgan fingerprint density at radius 3 is 1.64 bits per heavy atom. The number of hydrogen-bond donors (Lipinski definition) is 1. The topological polar surface area (TPSA) is 62.0 Å². The van der Waals surface area contributed by atoms with Gasteiger partial charge in [0.2, 0.25) is 0 Å². The normalized spacial score (nSPS) is 24.2. The van der Waals surface area contributed by atoms with Crippen LogP contribution in [0.3, 0.4) is 0 Å². The molecular formula is C21H34N2O2. The summed E-state index contributed by atoms with van der Waals surface area (Å²) in [5, 5.41) is 9.32. The van der Waals surface area contributed by atoms with E-state index in [2.05, 4.69) is 44.6 Å². The molecule has 25 heavy (non-hydrogen) atoms. The van der Waals surface area contributed by atoms with Crippen molar-refractivity contribution in [3.8, 4) is 0 Å². The second-order valence-corrected chi connectivity index (χ2v) is 8.17. The fourth-order valence-corrected chi connectivity index (χ4v) is 3.26. The molecule has 0 saturated heterocycles. The van der Waals surface area contributed by atoms with E-state index in [-0.39, 0.29) is 0 Å². The number of allylic oxidation sites excluding steroid dienone is 4. The Morgan fingerprint density at radius 2 is 1.48 bits per heavy atom. The molecule has 0 spiro atoms. The molecule has 1 aliphatic heterocycles. The summed E-state index contributed by atoms with van der Waals surface area (Å²) in [6, 6.07) is 0. The third kappa shape index (κ3) is 3.78. The maximum Gasteiger partial charge on any atom is 0.354 e. The summed E-state index contributed by atoms with van der Waals surface area (Å²) in [6.45, 7) is 20.5. The summed E-state index contributed by atoms with van der Waals surface area (Å²) < 4.78 is 0. The van der Waals surface area contributed by atoms with Gasteiger partial charge in [-0.25, -0.2) is 14.8 Å². The number of hydrogen-bond acceptors (Lipinski definition) is 3. The Hall–Kier alpha value is -1.71. The molecule has 0 saturated carbocycles. The van der Waals surface area contributed by atoms with Crippen LogP contribution in [0.1, 0.15) is 75.7 Å². The van der Waals surface area contributed by atoms with E-state index in [9.17, 15) is 9.90 Å². The van der Waals surface area contributed by atoms with Crippen LogP contribution in [0.4, 0.5) is 0 Å². The van der Waals surface area contributed by atoms with E-state index in [0.29, 0.717) is 5.92 Å². The molecule has 0 fully saturated rings. The van der Waals surface area contributed by atoms with E-state index < -0.39 is 17.0 Å². The highest BCUT2D eigenvalue weighted by Gasteiger charge is 2.51. The molecule has 0 aromatic heterocycles. The van der Waals surface area contributed by atoms with Gasteiger partial charge < -0.3 is 5.11 Å². The lowest BCUT2D eigenvalue weighted by molar-refractivity contribution is -0.146. The molecule has 4 heteroatoms. The molecule has 0 bridgehead atoms. The first-order valence-electron chi connectivity index (χ1n) is 9.04. The summed E-state index contributed by atoms with van der Waals surface area (Å²) in [5.41, 5.74) is 5.81. The van der Waals surface area contributed by atoms with Crippen molar-refractivity contribution in [2.45, 2.75) is 81.3 Å². The van der Waals surface area contributed by atoms with Crippen LogP contribution in [-0.2, 0) is 4.79 Å². The van der Waals surface area contributed by atoms with Crippen molar-refractivity contribution >= 4 is 17.4 Å². The third-order valence-corrected chi connectivity index (χ3v) is 5.77. The maximum atomic E-state index is 11.4. The second kappa shape index (κ2) is 7.27. The standard InChI is InChI=1S/C11H18N2O2.C10H16/c1-6-8-7(2)12-11(13-8,9(14)15)10(3,4)5;1-6-7(2)9(4)10(5)8(6)3/h6H2,1-5H3,(H,14,15);6H,1-5H3. The predicted molar refractivity (Wildman–Crippen MR) is 107 cm³/mol. The quantitative estimate of drug-likeness (QED) is 0.723. The van der Waals surface area contributed by atoms with Gasteiger partial charge in [0, 0.05) is 5.41 Å². The number of carbonyl (C=O) groups is 1. The van der Waals surface area contributed by atoms with Gasteiger partial charge in [-0.05, 0) is 58.1 Å². The molecule has 1 aliphatic carbocycles. The minimum atomic E-state index is -1.33. The van der Waals surface area contributed by atoms with Crippen molar-refractivity contribution in [1.82, 2.24) is 0 Å². The summed E-state index contributed by atoms with van der Waals surface area (Å²) in [7, 11) is 0. The summed E-state index contributed by atoms with van der Waals surface area (Å²) in [4.78, 5) is 19.9. The molecule has 1 unspecified atom stereocenters. The lowest BCUT2D eigenvalue weighted by Gasteiger charge is -2.32. The zero-order valence-corrected chi connectivity index (χ0v) is 17.5. The van der Waals surface area contributed by atoms with Crippen molar-refractivity contribution < 1.29 is 9.90 Å². The first-order chi connectivity index (χ1) is 11.3. The predicted octanol–water partition coefficient (Wildman–Crippen LogP) is 5.45. The molecule has 1 atom stereocenters. The molecule has 2 rings (SSSR count). The zero-order valence-electron chi connectivity index (χ0n) is 17.5. The van der Waals surface area contributed by atoms with Gasteiger partial charge in [0.15, 0.2) is 0 Å². The van der Waals surface area contributed by atoms with Crippen LogP contribution >= 0.6 is 0 Å². The van der Waals surface area contributed by atoms with Crippen molar-refractivity contribution in [1.29, 1.82) is 0 Å². The molecule has 0 radical (unpaired) electrons. The number of carboxylic acids is 1. The van der Waals surface area contributed by atoms with Gasteiger partial charge in [0.25, 0.3) is 5.66 Å². The van der Waals surface area contributed by atoms with E-state index in [1.807, 2.05) is 34.6 Å². The number of aliphatic carboxylic acids is 1. The molecule has 1 N–H and O–H groups in total. The van der Waals surface area contributed by atoms with Gasteiger partial charge in [-0.3, -0.25) is 0 Å². The molecule has 0 amide bonds. The van der Waals surface area contributed by atoms with Crippen LogP contribution in [0.2, 0.25) is 0 Å². The van der Waals surface area contributed by atoms with Crippen LogP contribution in [0.25, 0.3) is 0 Å². The van der Waals surface area contributed by atoms with E-state index in [1.54, 1.807) is 11.1 Å². The van der Waals surface area contributed by atoms with E-state index in [1.165, 1.54) is 11.1 Å². The van der Waals surface area contributed by atoms with Gasteiger partial charge >= 0.3 is 5.97 Å². The summed E-state index contributed by atoms with van der Waals surface area (Å²) in [5.74, 6) is -0.280. The Bertz CT molecular complexity index is 663. The lowest BCUT2D eigenvalue weighted by atomic mass is 9.81. The maximum absolute atomic E-state index is 11.4. The molecular weight excluding hydrogens is 312 g/mol. The third-order valence-electron chi connectivity index (χ3n) is 5.77. The molecule has 1 heterocycles. The summed E-state index contributed by atoms with van der Waals surface area (Å²) in [6.07, 6.45) is 0.723. The van der Waals surface area contributed by atoms with E-state index in [4.69, 9.17) is 0 Å². The number of carboxylic acid groups (broad SMARTS) is 1. The van der Waals surface area contributed by atoms with E-state index in [0.717, 1.165) is 17.8 Å². The van der Waals surface area contributed by atoms with Crippen molar-refractivity contribution in [3.63, 3.8) is 0 Å². The smallest absolute Gasteiger partial charge is 0.354 e. The molecule has 0 aromatic carbocycles. The number of aliphatic imine (C=N–C) groups is 2. The first-order valence-corrected chi connectivity index (χ1v) is 9.04. The minimum Gasteiger partial charge on any atom is -0.478 e. The first kappa shape index (κ1) is 21.3. The average molecular weight is 347 g/mol. The van der Waals surface area contributed by atoms with Crippen molar-refractivity contribution in [3.05, 3.63) is 22.3 Å². The van der Waals surface area contributed by atoms with Gasteiger partial charge in [-0.1, -0.05) is 45.8 Å². The van der Waals surface area contributed by atoms with Crippen LogP contribution in [0.15, 0.2) is 32.3 Å². The van der Waals surface area contributed by atoms with E-state index >= 15 is 0 Å². The average Bonchev–Trinajstić information content (AvgIpc) is 2.96. The molecule has 4 nitrogen and oxygen atoms in total. The Kier molecular flexibility index (Phi) is 6.20. The molecule has 2 aliphatic rings.